The third kappa shape index (κ3) is 3.18. The van der Waals surface area contributed by atoms with Gasteiger partial charge in [0, 0.05) is 24.5 Å². The number of imidazole rings is 1. The molecule has 2 heterocycles. The molecule has 0 radical (unpaired) electrons. The Kier molecular flexibility index (Phi) is 4.49. The molecule has 0 aliphatic heterocycles. The summed E-state index contributed by atoms with van der Waals surface area (Å²) in [6.45, 7) is 2.42. The molecule has 4 aromatic rings. The fraction of sp³-hybridized carbons (Fsp3) is 0.143. The number of hydrogen-bond acceptors (Lipinski definition) is 6. The van der Waals surface area contributed by atoms with Crippen LogP contribution in [0.25, 0.3) is 16.9 Å². The first-order valence-corrected chi connectivity index (χ1v) is 8.79. The van der Waals surface area contributed by atoms with Crippen LogP contribution in [-0.2, 0) is 6.54 Å². The smallest absolute Gasteiger partial charge is 0.180 e. The van der Waals surface area contributed by atoms with Gasteiger partial charge in [-0.25, -0.2) is 9.97 Å². The van der Waals surface area contributed by atoms with E-state index in [-0.39, 0.29) is 11.5 Å². The van der Waals surface area contributed by atoms with Crippen LogP contribution in [0.4, 0.5) is 5.82 Å². The van der Waals surface area contributed by atoms with Crippen molar-refractivity contribution in [3.63, 3.8) is 0 Å². The summed E-state index contributed by atoms with van der Waals surface area (Å²) in [6.07, 6.45) is 3.58. The number of aromatic nitrogens is 3. The van der Waals surface area contributed by atoms with E-state index in [1.54, 1.807) is 30.5 Å². The van der Waals surface area contributed by atoms with E-state index in [1.165, 1.54) is 7.11 Å². The van der Waals surface area contributed by atoms with Gasteiger partial charge in [0.25, 0.3) is 0 Å². The quantitative estimate of drug-likeness (QED) is 0.491. The van der Waals surface area contributed by atoms with Crippen molar-refractivity contribution in [1.82, 2.24) is 14.4 Å². The minimum absolute atomic E-state index is 0.0965. The zero-order chi connectivity index (χ0) is 19.7. The molecule has 28 heavy (non-hydrogen) atoms. The average molecular weight is 376 g/mol. The molecule has 0 aliphatic rings. The third-order valence-electron chi connectivity index (χ3n) is 4.56. The van der Waals surface area contributed by atoms with Gasteiger partial charge in [-0.1, -0.05) is 6.07 Å². The number of phenols is 2. The van der Waals surface area contributed by atoms with Crippen LogP contribution < -0.4 is 10.1 Å². The van der Waals surface area contributed by atoms with Crippen molar-refractivity contribution in [1.29, 1.82) is 0 Å². The van der Waals surface area contributed by atoms with Gasteiger partial charge in [-0.2, -0.15) is 0 Å². The first-order valence-electron chi connectivity index (χ1n) is 8.79. The number of methoxy groups -OCH3 is 1. The number of nitrogens with one attached hydrogen (secondary N) is 1. The number of hydrogen-bond donors (Lipinski definition) is 3. The van der Waals surface area contributed by atoms with Crippen molar-refractivity contribution in [2.45, 2.75) is 13.5 Å². The number of ether oxygens (including phenoxy) is 1. The zero-order valence-corrected chi connectivity index (χ0v) is 15.5. The second kappa shape index (κ2) is 7.11. The number of aromatic hydroxyl groups is 2. The molecule has 7 nitrogen and oxygen atoms in total. The standard InChI is InChI=1S/C21H20N4O3/c1-13-19(15-4-6-16(26)7-5-15)25-10-9-22-20(21(25)24-13)23-12-14-3-8-18(28-2)17(27)11-14/h3-11,26-27H,12H2,1-2H3,(H,22,23). The van der Waals surface area contributed by atoms with Gasteiger partial charge >= 0.3 is 0 Å². The van der Waals surface area contributed by atoms with Gasteiger partial charge in [0.2, 0.25) is 0 Å². The lowest BCUT2D eigenvalue weighted by Gasteiger charge is -2.09. The van der Waals surface area contributed by atoms with Crippen LogP contribution in [0.5, 0.6) is 17.2 Å². The van der Waals surface area contributed by atoms with Gasteiger partial charge < -0.3 is 20.3 Å². The van der Waals surface area contributed by atoms with Crippen LogP contribution in [0.1, 0.15) is 11.3 Å². The highest BCUT2D eigenvalue weighted by Crippen LogP contribution is 2.29. The van der Waals surface area contributed by atoms with Gasteiger partial charge in [-0.3, -0.25) is 4.40 Å². The van der Waals surface area contributed by atoms with Gasteiger partial charge in [0.15, 0.2) is 23.0 Å². The van der Waals surface area contributed by atoms with Crippen molar-refractivity contribution in [3.05, 3.63) is 66.1 Å². The topological polar surface area (TPSA) is 91.9 Å². The van der Waals surface area contributed by atoms with E-state index >= 15 is 0 Å². The summed E-state index contributed by atoms with van der Waals surface area (Å²) in [6, 6.07) is 12.3. The van der Waals surface area contributed by atoms with Crippen LogP contribution in [0.2, 0.25) is 0 Å². The molecule has 0 bridgehead atoms. The molecule has 7 heteroatoms. The number of fused-ring (bicyclic) bond motifs is 1. The average Bonchev–Trinajstić information content (AvgIpc) is 3.03. The minimum Gasteiger partial charge on any atom is -0.508 e. The highest BCUT2D eigenvalue weighted by Gasteiger charge is 2.14. The predicted molar refractivity (Wildman–Crippen MR) is 107 cm³/mol. The fourth-order valence-electron chi connectivity index (χ4n) is 3.21. The second-order valence-corrected chi connectivity index (χ2v) is 6.42. The van der Waals surface area contributed by atoms with Crippen LogP contribution in [-0.4, -0.2) is 31.7 Å². The number of benzene rings is 2. The first kappa shape index (κ1) is 17.7. The number of anilines is 1. The van der Waals surface area contributed by atoms with E-state index in [0.29, 0.717) is 23.8 Å². The largest absolute Gasteiger partial charge is 0.508 e. The summed E-state index contributed by atoms with van der Waals surface area (Å²) < 4.78 is 7.05. The van der Waals surface area contributed by atoms with E-state index < -0.39 is 0 Å². The highest BCUT2D eigenvalue weighted by molar-refractivity contribution is 5.73. The highest BCUT2D eigenvalue weighted by atomic mass is 16.5. The normalized spacial score (nSPS) is 10.9. The second-order valence-electron chi connectivity index (χ2n) is 6.42. The summed E-state index contributed by atoms with van der Waals surface area (Å²) in [4.78, 5) is 9.09. The molecule has 0 saturated heterocycles. The molecule has 2 aromatic carbocycles. The monoisotopic (exact) mass is 376 g/mol. The molecule has 2 aromatic heterocycles. The number of rotatable bonds is 5. The Morgan fingerprint density at radius 2 is 1.89 bits per heavy atom. The van der Waals surface area contributed by atoms with Gasteiger partial charge in [0.1, 0.15) is 5.75 Å². The molecule has 142 valence electrons. The van der Waals surface area contributed by atoms with Crippen molar-refractivity contribution in [2.24, 2.45) is 0 Å². The summed E-state index contributed by atoms with van der Waals surface area (Å²) in [5.74, 6) is 1.40. The molecular weight excluding hydrogens is 356 g/mol. The van der Waals surface area contributed by atoms with Crippen LogP contribution >= 0.6 is 0 Å². The maximum absolute atomic E-state index is 9.94. The Labute approximate surface area is 161 Å². The van der Waals surface area contributed by atoms with Crippen LogP contribution in [0.15, 0.2) is 54.9 Å². The lowest BCUT2D eigenvalue weighted by Crippen LogP contribution is -2.04. The summed E-state index contributed by atoms with van der Waals surface area (Å²) in [5.41, 5.74) is 4.37. The Morgan fingerprint density at radius 3 is 2.61 bits per heavy atom. The number of phenolic OH excluding ortho intramolecular Hbond substituents is 2. The summed E-state index contributed by atoms with van der Waals surface area (Å²) in [7, 11) is 1.52. The molecule has 3 N–H and O–H groups in total. The predicted octanol–water partition coefficient (Wildman–Crippen LogP) is 3.74. The van der Waals surface area contributed by atoms with Crippen LogP contribution in [0.3, 0.4) is 0 Å². The Bertz CT molecular complexity index is 1140. The molecule has 0 aliphatic carbocycles. The van der Waals surface area contributed by atoms with Crippen molar-refractivity contribution in [3.8, 4) is 28.5 Å². The summed E-state index contributed by atoms with van der Waals surface area (Å²) >= 11 is 0. The first-order chi connectivity index (χ1) is 13.6. The Morgan fingerprint density at radius 1 is 1.11 bits per heavy atom. The van der Waals surface area contributed by atoms with Gasteiger partial charge in [0.05, 0.1) is 18.5 Å². The number of aryl methyl sites for hydroxylation is 1. The molecule has 4 rings (SSSR count). The minimum atomic E-state index is 0.0965. The van der Waals surface area contributed by atoms with Gasteiger partial charge in [-0.05, 0) is 48.9 Å². The SMILES string of the molecule is COc1ccc(CNc2nccn3c(-c4ccc(O)cc4)c(C)nc23)cc1O. The van der Waals surface area contributed by atoms with E-state index in [9.17, 15) is 10.2 Å². The third-order valence-corrected chi connectivity index (χ3v) is 4.56. The lowest BCUT2D eigenvalue weighted by molar-refractivity contribution is 0.373. The molecule has 0 saturated carbocycles. The van der Waals surface area contributed by atoms with Crippen molar-refractivity contribution in [2.75, 3.05) is 12.4 Å². The lowest BCUT2D eigenvalue weighted by atomic mass is 10.1. The Hall–Kier alpha value is -3.74. The van der Waals surface area contributed by atoms with E-state index in [0.717, 1.165) is 22.5 Å². The van der Waals surface area contributed by atoms with Crippen molar-refractivity contribution < 1.29 is 14.9 Å². The summed E-state index contributed by atoms with van der Waals surface area (Å²) in [5, 5.41) is 22.8. The molecule has 0 spiro atoms. The maximum atomic E-state index is 9.94. The number of nitrogens with zero attached hydrogens (tertiary/aromatic N) is 3. The molecule has 0 amide bonds. The van der Waals surface area contributed by atoms with E-state index in [4.69, 9.17) is 4.74 Å². The zero-order valence-electron chi connectivity index (χ0n) is 15.5. The molecule has 0 atom stereocenters. The maximum Gasteiger partial charge on any atom is 0.180 e. The molecule has 0 fully saturated rings. The molecular formula is C21H20N4O3. The van der Waals surface area contributed by atoms with Crippen LogP contribution in [0, 0.1) is 6.92 Å². The fourth-order valence-corrected chi connectivity index (χ4v) is 3.21. The van der Waals surface area contributed by atoms with E-state index in [1.807, 2.05) is 35.7 Å². The van der Waals surface area contributed by atoms with Crippen molar-refractivity contribution >= 4 is 11.5 Å². The Balaban J connectivity index is 1.66. The van der Waals surface area contributed by atoms with Gasteiger partial charge in [-0.15, -0.1) is 0 Å². The van der Waals surface area contributed by atoms with E-state index in [2.05, 4.69) is 15.3 Å². The molecule has 0 unspecified atom stereocenters.